The molecule has 0 atom stereocenters. The Morgan fingerprint density at radius 2 is 1.68 bits per heavy atom. The zero-order valence-corrected chi connectivity index (χ0v) is 15.0. The maximum Gasteiger partial charge on any atom is 0.357 e. The number of carbonyl (C=O) groups is 2. The molecule has 25 heavy (non-hydrogen) atoms. The number of carbonyl (C=O) groups excluding carboxylic acids is 2. The number of hydrogen-bond acceptors (Lipinski definition) is 5. The van der Waals surface area contributed by atoms with Crippen LogP contribution in [-0.2, 0) is 14.9 Å². The summed E-state index contributed by atoms with van der Waals surface area (Å²) in [4.78, 5) is 27.7. The van der Waals surface area contributed by atoms with Gasteiger partial charge in [-0.3, -0.25) is 0 Å². The van der Waals surface area contributed by atoms with Crippen LogP contribution in [0.1, 0.15) is 52.7 Å². The van der Waals surface area contributed by atoms with E-state index in [-0.39, 0.29) is 24.3 Å². The second-order valence-corrected chi connectivity index (χ2v) is 6.77. The molecule has 1 heterocycles. The van der Waals surface area contributed by atoms with Gasteiger partial charge in [-0.25, -0.2) is 14.6 Å². The van der Waals surface area contributed by atoms with Gasteiger partial charge in [-0.1, -0.05) is 32.9 Å². The van der Waals surface area contributed by atoms with Crippen LogP contribution in [0, 0.1) is 6.92 Å². The Morgan fingerprint density at radius 3 is 2.24 bits per heavy atom. The molecule has 0 fully saturated rings. The van der Waals surface area contributed by atoms with Gasteiger partial charge in [0.25, 0.3) is 0 Å². The maximum absolute atomic E-state index is 12.1. The molecule has 1 aromatic carbocycles. The molecule has 5 nitrogen and oxygen atoms in total. The number of aryl methyl sites for hydroxylation is 1. The molecular weight excluding hydrogens is 318 g/mol. The van der Waals surface area contributed by atoms with E-state index in [0.29, 0.717) is 5.56 Å². The molecule has 0 spiro atoms. The minimum absolute atomic E-state index is 0.00250. The zero-order chi connectivity index (χ0) is 18.4. The molecule has 2 rings (SSSR count). The van der Waals surface area contributed by atoms with Gasteiger partial charge >= 0.3 is 11.9 Å². The Kier molecular flexibility index (Phi) is 5.91. The first-order valence-corrected chi connectivity index (χ1v) is 8.15. The van der Waals surface area contributed by atoms with Crippen molar-refractivity contribution in [3.63, 3.8) is 0 Å². The summed E-state index contributed by atoms with van der Waals surface area (Å²) in [5.41, 5.74) is 2.97. The van der Waals surface area contributed by atoms with Crippen molar-refractivity contribution in [3.05, 3.63) is 65.0 Å². The summed E-state index contributed by atoms with van der Waals surface area (Å²) in [6.07, 6.45) is 1.51. The molecule has 0 saturated heterocycles. The van der Waals surface area contributed by atoms with Gasteiger partial charge in [0, 0.05) is 6.20 Å². The predicted molar refractivity (Wildman–Crippen MR) is 94.7 cm³/mol. The van der Waals surface area contributed by atoms with Crippen molar-refractivity contribution >= 4 is 11.9 Å². The summed E-state index contributed by atoms with van der Waals surface area (Å²) in [7, 11) is 0. The summed E-state index contributed by atoms with van der Waals surface area (Å²) in [6.45, 7) is 8.35. The number of ether oxygens (including phenoxy) is 2. The molecule has 132 valence electrons. The lowest BCUT2D eigenvalue weighted by molar-refractivity contribution is 0.0262. The average molecular weight is 341 g/mol. The number of rotatable bonds is 5. The van der Waals surface area contributed by atoms with E-state index in [2.05, 4.69) is 25.8 Å². The lowest BCUT2D eigenvalue weighted by Gasteiger charge is -2.22. The molecule has 0 aliphatic heterocycles. The van der Waals surface area contributed by atoms with E-state index in [9.17, 15) is 9.59 Å². The van der Waals surface area contributed by atoms with Crippen molar-refractivity contribution < 1.29 is 19.1 Å². The summed E-state index contributed by atoms with van der Waals surface area (Å²) in [5.74, 6) is -0.973. The zero-order valence-electron chi connectivity index (χ0n) is 15.0. The first-order valence-electron chi connectivity index (χ1n) is 8.15. The number of aromatic nitrogens is 1. The van der Waals surface area contributed by atoms with E-state index in [0.717, 1.165) is 5.56 Å². The molecule has 0 aliphatic carbocycles. The first kappa shape index (κ1) is 18.6. The van der Waals surface area contributed by atoms with E-state index < -0.39 is 11.9 Å². The number of pyridine rings is 1. The monoisotopic (exact) mass is 341 g/mol. The fraction of sp³-hybridized carbons (Fsp3) is 0.350. The van der Waals surface area contributed by atoms with E-state index >= 15 is 0 Å². The molecule has 0 radical (unpaired) electrons. The van der Waals surface area contributed by atoms with Crippen LogP contribution in [0.2, 0.25) is 0 Å². The van der Waals surface area contributed by atoms with Gasteiger partial charge < -0.3 is 9.47 Å². The first-order chi connectivity index (χ1) is 11.8. The predicted octanol–water partition coefficient (Wildman–Crippen LogP) is 3.70. The van der Waals surface area contributed by atoms with E-state index in [1.54, 1.807) is 24.3 Å². The van der Waals surface area contributed by atoms with Crippen LogP contribution in [0.3, 0.4) is 0 Å². The lowest BCUT2D eigenvalue weighted by Crippen LogP contribution is -2.16. The van der Waals surface area contributed by atoms with Crippen LogP contribution in [0.5, 0.6) is 0 Å². The van der Waals surface area contributed by atoms with Crippen LogP contribution in [0.15, 0.2) is 42.6 Å². The highest BCUT2D eigenvalue weighted by atomic mass is 16.6. The molecule has 5 heteroatoms. The second-order valence-electron chi connectivity index (χ2n) is 6.77. The molecular formula is C20H23NO4. The smallest absolute Gasteiger partial charge is 0.357 e. The van der Waals surface area contributed by atoms with Crippen molar-refractivity contribution in [1.29, 1.82) is 0 Å². The van der Waals surface area contributed by atoms with Crippen molar-refractivity contribution in [1.82, 2.24) is 4.98 Å². The van der Waals surface area contributed by atoms with Crippen molar-refractivity contribution in [2.24, 2.45) is 0 Å². The molecule has 0 saturated carbocycles. The Hall–Kier alpha value is -2.69. The molecule has 2 aromatic rings. The van der Waals surface area contributed by atoms with Gasteiger partial charge in [-0.2, -0.15) is 0 Å². The molecule has 0 aliphatic rings. The third-order valence-corrected chi connectivity index (χ3v) is 3.69. The van der Waals surface area contributed by atoms with Crippen molar-refractivity contribution in [2.75, 3.05) is 13.2 Å². The average Bonchev–Trinajstić information content (AvgIpc) is 2.57. The summed E-state index contributed by atoms with van der Waals surface area (Å²) in [5, 5.41) is 0. The molecule has 0 amide bonds. The topological polar surface area (TPSA) is 65.5 Å². The van der Waals surface area contributed by atoms with Crippen molar-refractivity contribution in [3.8, 4) is 0 Å². The van der Waals surface area contributed by atoms with Crippen molar-refractivity contribution in [2.45, 2.75) is 33.1 Å². The molecule has 0 unspecified atom stereocenters. The van der Waals surface area contributed by atoms with Crippen LogP contribution in [0.4, 0.5) is 0 Å². The molecule has 0 bridgehead atoms. The fourth-order valence-electron chi connectivity index (χ4n) is 2.54. The largest absolute Gasteiger partial charge is 0.458 e. The lowest BCUT2D eigenvalue weighted by atomic mass is 9.83. The molecule has 1 aromatic heterocycles. The van der Waals surface area contributed by atoms with Crippen LogP contribution in [0.25, 0.3) is 0 Å². The highest BCUT2D eigenvalue weighted by molar-refractivity contribution is 5.90. The Labute approximate surface area is 148 Å². The number of hydrogen-bond donors (Lipinski definition) is 0. The highest BCUT2D eigenvalue weighted by Gasteiger charge is 2.18. The number of benzene rings is 1. The fourth-order valence-corrected chi connectivity index (χ4v) is 2.54. The highest BCUT2D eigenvalue weighted by Crippen LogP contribution is 2.26. The normalized spacial score (nSPS) is 11.0. The van der Waals surface area contributed by atoms with Gasteiger partial charge in [0.2, 0.25) is 0 Å². The SMILES string of the molecule is Cc1cc(C(=O)OCCOC(=O)c2ccccn2)ccc1C(C)(C)C. The summed E-state index contributed by atoms with van der Waals surface area (Å²) < 4.78 is 10.2. The van der Waals surface area contributed by atoms with E-state index in [1.165, 1.54) is 11.8 Å². The standard InChI is InChI=1S/C20H23NO4/c1-14-13-15(8-9-16(14)20(2,3)4)18(22)24-11-12-25-19(23)17-7-5-6-10-21-17/h5-10,13H,11-12H2,1-4H3. The number of nitrogens with zero attached hydrogens (tertiary/aromatic N) is 1. The Bertz CT molecular complexity index is 748. The minimum Gasteiger partial charge on any atom is -0.458 e. The maximum atomic E-state index is 12.1. The van der Waals surface area contributed by atoms with Gasteiger partial charge in [0.1, 0.15) is 18.9 Å². The second kappa shape index (κ2) is 7.92. The minimum atomic E-state index is -0.540. The van der Waals surface area contributed by atoms with Gasteiger partial charge in [-0.15, -0.1) is 0 Å². The summed E-state index contributed by atoms with van der Waals surface area (Å²) in [6, 6.07) is 10.5. The van der Waals surface area contributed by atoms with Crippen LogP contribution in [-0.4, -0.2) is 30.1 Å². The third-order valence-electron chi connectivity index (χ3n) is 3.69. The molecule has 0 N–H and O–H groups in total. The Balaban J connectivity index is 1.85. The summed E-state index contributed by atoms with van der Waals surface area (Å²) >= 11 is 0. The quantitative estimate of drug-likeness (QED) is 0.613. The van der Waals surface area contributed by atoms with Gasteiger partial charge in [0.05, 0.1) is 5.56 Å². The van der Waals surface area contributed by atoms with E-state index in [4.69, 9.17) is 9.47 Å². The van der Waals surface area contributed by atoms with E-state index in [1.807, 2.05) is 19.1 Å². The van der Waals surface area contributed by atoms with Crippen LogP contribution < -0.4 is 0 Å². The number of esters is 2. The van der Waals surface area contributed by atoms with Crippen LogP contribution >= 0.6 is 0 Å². The Morgan fingerprint density at radius 1 is 1.00 bits per heavy atom. The van der Waals surface area contributed by atoms with Gasteiger partial charge in [0.15, 0.2) is 0 Å². The van der Waals surface area contributed by atoms with Gasteiger partial charge in [-0.05, 0) is 47.7 Å². The third kappa shape index (κ3) is 5.14.